The molecule has 28 heavy (non-hydrogen) atoms. The number of nitrogens with zero attached hydrogens (tertiary/aromatic N) is 3. The van der Waals surface area contributed by atoms with Crippen molar-refractivity contribution in [3.05, 3.63) is 21.4 Å². The van der Waals surface area contributed by atoms with Gasteiger partial charge in [-0.3, -0.25) is 4.79 Å². The predicted molar refractivity (Wildman–Crippen MR) is 107 cm³/mol. The monoisotopic (exact) mass is 470 g/mol. The minimum atomic E-state index is -0.616. The van der Waals surface area contributed by atoms with Crippen LogP contribution in [-0.2, 0) is 4.79 Å². The quantitative estimate of drug-likeness (QED) is 0.620. The van der Waals surface area contributed by atoms with E-state index in [-0.39, 0.29) is 46.0 Å². The van der Waals surface area contributed by atoms with Gasteiger partial charge in [0.05, 0.1) is 28.3 Å². The standard InChI is InChI=1S/C18H17BrClFN4O3/c1-7-4-24-11(3-22-7)18(27)25-5-8(6-26)28-17-16(25)15(24)9-2-10(20)12(19)13(21)14(9)23-17/h2,7-8,11,22,26H,3-6H2,1H3/t7-,8+,11-/m1/s1. The number of piperazine rings is 1. The summed E-state index contributed by atoms with van der Waals surface area (Å²) >= 11 is 9.41. The van der Waals surface area contributed by atoms with E-state index in [2.05, 4.69) is 26.2 Å². The molecule has 0 bridgehead atoms. The van der Waals surface area contributed by atoms with Gasteiger partial charge in [0.1, 0.15) is 23.3 Å². The molecule has 0 spiro atoms. The lowest BCUT2D eigenvalue weighted by Gasteiger charge is -2.49. The molecule has 1 aromatic carbocycles. The maximum absolute atomic E-state index is 15.0. The second kappa shape index (κ2) is 6.41. The average molecular weight is 472 g/mol. The zero-order valence-electron chi connectivity index (χ0n) is 14.9. The van der Waals surface area contributed by atoms with Crippen molar-refractivity contribution in [3.63, 3.8) is 0 Å². The SMILES string of the molecule is C[C@@H]1CN2c3c4c(nc5c(F)c(Br)c(Cl)cc35)O[C@H](CO)CN4C(=O)[C@H]2CN1. The van der Waals surface area contributed by atoms with Gasteiger partial charge in [0, 0.05) is 24.5 Å². The van der Waals surface area contributed by atoms with Crippen molar-refractivity contribution < 1.29 is 19.0 Å². The number of anilines is 2. The molecule has 3 atom stereocenters. The molecular weight excluding hydrogens is 455 g/mol. The number of aliphatic hydroxyl groups is 1. The first-order valence-corrected chi connectivity index (χ1v) is 10.2. The van der Waals surface area contributed by atoms with Crippen LogP contribution < -0.4 is 19.9 Å². The van der Waals surface area contributed by atoms with Crippen molar-refractivity contribution in [2.75, 3.05) is 36.0 Å². The minimum absolute atomic E-state index is 0.0836. The van der Waals surface area contributed by atoms with E-state index in [0.717, 1.165) is 0 Å². The summed E-state index contributed by atoms with van der Waals surface area (Å²) in [6.07, 6.45) is -0.616. The van der Waals surface area contributed by atoms with E-state index in [1.165, 1.54) is 0 Å². The van der Waals surface area contributed by atoms with Gasteiger partial charge in [0.25, 0.3) is 5.91 Å². The molecule has 7 nitrogen and oxygen atoms in total. The molecule has 2 N–H and O–H groups in total. The molecule has 3 aliphatic rings. The largest absolute Gasteiger partial charge is 0.468 e. The zero-order chi connectivity index (χ0) is 19.7. The fraction of sp³-hybridized carbons (Fsp3) is 0.444. The number of fused-ring (bicyclic) bond motifs is 4. The molecule has 10 heteroatoms. The van der Waals surface area contributed by atoms with Crippen molar-refractivity contribution >= 4 is 55.7 Å². The summed E-state index contributed by atoms with van der Waals surface area (Å²) in [4.78, 5) is 21.2. The molecule has 1 amide bonds. The van der Waals surface area contributed by atoms with Crippen molar-refractivity contribution in [2.45, 2.75) is 25.1 Å². The maximum atomic E-state index is 15.0. The summed E-state index contributed by atoms with van der Waals surface area (Å²) in [5.41, 5.74) is 1.33. The van der Waals surface area contributed by atoms with Gasteiger partial charge < -0.3 is 25.0 Å². The van der Waals surface area contributed by atoms with E-state index in [9.17, 15) is 9.90 Å². The van der Waals surface area contributed by atoms with E-state index in [1.54, 1.807) is 11.0 Å². The van der Waals surface area contributed by atoms with Crippen LogP contribution in [0.1, 0.15) is 6.92 Å². The Morgan fingerprint density at radius 3 is 3.00 bits per heavy atom. The molecule has 0 saturated carbocycles. The molecule has 148 valence electrons. The lowest BCUT2D eigenvalue weighted by molar-refractivity contribution is -0.121. The molecule has 2 aromatic rings. The van der Waals surface area contributed by atoms with Gasteiger partial charge in [-0.25, -0.2) is 9.37 Å². The number of aliphatic hydroxyl groups excluding tert-OH is 1. The molecule has 3 aliphatic heterocycles. The van der Waals surface area contributed by atoms with Crippen LogP contribution in [-0.4, -0.2) is 60.4 Å². The number of benzene rings is 1. The third kappa shape index (κ3) is 2.46. The summed E-state index contributed by atoms with van der Waals surface area (Å²) in [5.74, 6) is -0.516. The fourth-order valence-electron chi connectivity index (χ4n) is 4.22. The summed E-state index contributed by atoms with van der Waals surface area (Å²) in [6, 6.07) is 1.40. The zero-order valence-corrected chi connectivity index (χ0v) is 17.2. The van der Waals surface area contributed by atoms with Crippen LogP contribution in [0.4, 0.5) is 15.8 Å². The second-order valence-electron chi connectivity index (χ2n) is 7.35. The number of halogens is 3. The van der Waals surface area contributed by atoms with Crippen molar-refractivity contribution in [1.82, 2.24) is 10.3 Å². The molecule has 0 aliphatic carbocycles. The second-order valence-corrected chi connectivity index (χ2v) is 8.55. The van der Waals surface area contributed by atoms with E-state index in [4.69, 9.17) is 16.3 Å². The number of rotatable bonds is 1. The highest BCUT2D eigenvalue weighted by atomic mass is 79.9. The summed E-state index contributed by atoms with van der Waals surface area (Å²) < 4.78 is 20.9. The molecular formula is C18H17BrClFN4O3. The Bertz CT molecular complexity index is 1020. The van der Waals surface area contributed by atoms with E-state index < -0.39 is 18.0 Å². The first-order chi connectivity index (χ1) is 13.4. The minimum Gasteiger partial charge on any atom is -0.468 e. The Hall–Kier alpha value is -1.68. The third-order valence-corrected chi connectivity index (χ3v) is 6.82. The Morgan fingerprint density at radius 1 is 1.46 bits per heavy atom. The van der Waals surface area contributed by atoms with Gasteiger partial charge in [0.15, 0.2) is 5.82 Å². The average Bonchev–Trinajstić information content (AvgIpc) is 2.69. The Morgan fingerprint density at radius 2 is 2.25 bits per heavy atom. The molecule has 0 unspecified atom stereocenters. The first-order valence-electron chi connectivity index (χ1n) is 9.00. The number of aromatic nitrogens is 1. The summed E-state index contributed by atoms with van der Waals surface area (Å²) in [5, 5.41) is 13.7. The van der Waals surface area contributed by atoms with Crippen LogP contribution in [0.25, 0.3) is 10.9 Å². The number of amides is 1. The lowest BCUT2D eigenvalue weighted by atomic mass is 9.98. The highest BCUT2D eigenvalue weighted by Gasteiger charge is 2.46. The summed E-state index contributed by atoms with van der Waals surface area (Å²) in [7, 11) is 0. The number of hydrogen-bond donors (Lipinski definition) is 2. The topological polar surface area (TPSA) is 77.9 Å². The number of carbonyl (C=O) groups excluding carboxylic acids is 1. The van der Waals surface area contributed by atoms with Gasteiger partial charge in [-0.05, 0) is 28.9 Å². The number of nitrogens with one attached hydrogen (secondary N) is 1. The van der Waals surface area contributed by atoms with Crippen LogP contribution in [0, 0.1) is 5.82 Å². The van der Waals surface area contributed by atoms with Crippen molar-refractivity contribution in [3.8, 4) is 5.88 Å². The van der Waals surface area contributed by atoms with Crippen molar-refractivity contribution in [1.29, 1.82) is 0 Å². The Kier molecular flexibility index (Phi) is 4.20. The molecule has 1 saturated heterocycles. The highest BCUT2D eigenvalue weighted by Crippen LogP contribution is 2.50. The molecule has 5 rings (SSSR count). The van der Waals surface area contributed by atoms with Gasteiger partial charge >= 0.3 is 0 Å². The third-order valence-electron chi connectivity index (χ3n) is 5.51. The maximum Gasteiger partial charge on any atom is 0.251 e. The van der Waals surface area contributed by atoms with Crippen LogP contribution in [0.15, 0.2) is 10.5 Å². The number of ether oxygens (including phenoxy) is 1. The highest BCUT2D eigenvalue weighted by molar-refractivity contribution is 9.10. The molecule has 0 radical (unpaired) electrons. The van der Waals surface area contributed by atoms with E-state index >= 15 is 4.39 Å². The van der Waals surface area contributed by atoms with Crippen LogP contribution in [0.2, 0.25) is 5.02 Å². The van der Waals surface area contributed by atoms with Gasteiger partial charge in [-0.1, -0.05) is 11.6 Å². The van der Waals surface area contributed by atoms with Gasteiger partial charge in [-0.15, -0.1) is 0 Å². The predicted octanol–water partition coefficient (Wildman–Crippen LogP) is 2.06. The van der Waals surface area contributed by atoms with Crippen LogP contribution in [0.5, 0.6) is 5.88 Å². The first kappa shape index (κ1) is 18.4. The molecule has 4 heterocycles. The number of carbonyl (C=O) groups is 1. The number of hydrogen-bond acceptors (Lipinski definition) is 6. The molecule has 1 fully saturated rings. The number of pyridine rings is 1. The van der Waals surface area contributed by atoms with Crippen LogP contribution >= 0.6 is 27.5 Å². The lowest BCUT2D eigenvalue weighted by Crippen LogP contribution is -2.65. The molecule has 1 aromatic heterocycles. The summed E-state index contributed by atoms with van der Waals surface area (Å²) in [6.45, 7) is 3.04. The van der Waals surface area contributed by atoms with Crippen molar-refractivity contribution in [2.24, 2.45) is 0 Å². The van der Waals surface area contributed by atoms with Crippen LogP contribution in [0.3, 0.4) is 0 Å². The Balaban J connectivity index is 1.86. The Labute approximate surface area is 173 Å². The van der Waals surface area contributed by atoms with Gasteiger partial charge in [-0.2, -0.15) is 0 Å². The van der Waals surface area contributed by atoms with Gasteiger partial charge in [0.2, 0.25) is 5.88 Å². The van der Waals surface area contributed by atoms with E-state index in [0.29, 0.717) is 29.9 Å². The normalized spacial score (nSPS) is 26.2. The van der Waals surface area contributed by atoms with E-state index in [1.807, 2.05) is 11.8 Å². The smallest absolute Gasteiger partial charge is 0.251 e. The fourth-order valence-corrected chi connectivity index (χ4v) is 4.71.